The van der Waals surface area contributed by atoms with E-state index in [4.69, 9.17) is 11.6 Å². The molecular formula is C13H15BrClFO2S. The Kier molecular flexibility index (Phi) is 4.90. The molecule has 1 aromatic rings. The Morgan fingerprint density at radius 2 is 2.21 bits per heavy atom. The fraction of sp³-hybridized carbons (Fsp3) is 0.538. The monoisotopic (exact) mass is 368 g/mol. The van der Waals surface area contributed by atoms with E-state index in [1.54, 1.807) is 12.1 Å². The smallest absolute Gasteiger partial charge is 0.150 e. The van der Waals surface area contributed by atoms with Crippen LogP contribution in [0, 0.1) is 17.7 Å². The molecule has 1 aromatic carbocycles. The summed E-state index contributed by atoms with van der Waals surface area (Å²) in [5, 5.41) is 0.854. The molecule has 0 radical (unpaired) electrons. The standard InChI is InChI=1S/C13H15BrClFO2S/c14-7-11(10-3-4-19(17,18)8-10)5-9-1-2-13(16)12(15)6-9/h1-2,6,10-11H,3-5,7-8H2. The predicted molar refractivity (Wildman–Crippen MR) is 79.2 cm³/mol. The molecule has 0 amide bonds. The van der Waals surface area contributed by atoms with Gasteiger partial charge in [-0.25, -0.2) is 12.8 Å². The minimum Gasteiger partial charge on any atom is -0.229 e. The molecule has 1 fully saturated rings. The van der Waals surface area contributed by atoms with Crippen molar-refractivity contribution in [3.05, 3.63) is 34.6 Å². The third kappa shape index (κ3) is 3.92. The first-order chi connectivity index (χ1) is 8.91. The maximum absolute atomic E-state index is 13.1. The van der Waals surface area contributed by atoms with Crippen LogP contribution in [-0.4, -0.2) is 25.3 Å². The van der Waals surface area contributed by atoms with Gasteiger partial charge in [0.05, 0.1) is 16.5 Å². The number of alkyl halides is 1. The number of hydrogen-bond acceptors (Lipinski definition) is 2. The highest BCUT2D eigenvalue weighted by Crippen LogP contribution is 2.30. The van der Waals surface area contributed by atoms with Gasteiger partial charge in [-0.05, 0) is 42.4 Å². The molecule has 1 aliphatic heterocycles. The Balaban J connectivity index is 2.09. The average molecular weight is 370 g/mol. The van der Waals surface area contributed by atoms with Crippen molar-refractivity contribution >= 4 is 37.4 Å². The van der Waals surface area contributed by atoms with Crippen molar-refractivity contribution in [1.82, 2.24) is 0 Å². The second-order valence-corrected chi connectivity index (χ2v) is 8.31. The van der Waals surface area contributed by atoms with Crippen LogP contribution in [-0.2, 0) is 16.3 Å². The molecule has 0 aliphatic carbocycles. The van der Waals surface area contributed by atoms with E-state index < -0.39 is 15.7 Å². The highest BCUT2D eigenvalue weighted by molar-refractivity contribution is 9.09. The molecule has 6 heteroatoms. The molecule has 0 N–H and O–H groups in total. The quantitative estimate of drug-likeness (QED) is 0.762. The molecule has 2 nitrogen and oxygen atoms in total. The minimum atomic E-state index is -2.86. The van der Waals surface area contributed by atoms with Crippen LogP contribution < -0.4 is 0 Å². The van der Waals surface area contributed by atoms with Gasteiger partial charge in [0.2, 0.25) is 0 Å². The van der Waals surface area contributed by atoms with Crippen molar-refractivity contribution in [2.75, 3.05) is 16.8 Å². The number of rotatable bonds is 4. The normalized spacial score (nSPS) is 23.4. The molecule has 1 heterocycles. The second kappa shape index (κ2) is 6.10. The average Bonchev–Trinajstić information content (AvgIpc) is 2.71. The summed E-state index contributed by atoms with van der Waals surface area (Å²) in [5.74, 6) is 0.528. The van der Waals surface area contributed by atoms with Crippen LogP contribution >= 0.6 is 27.5 Å². The van der Waals surface area contributed by atoms with E-state index in [0.29, 0.717) is 12.8 Å². The van der Waals surface area contributed by atoms with E-state index in [1.807, 2.05) is 0 Å². The van der Waals surface area contributed by atoms with Crippen molar-refractivity contribution in [2.24, 2.45) is 11.8 Å². The molecule has 106 valence electrons. The van der Waals surface area contributed by atoms with E-state index in [1.165, 1.54) is 6.07 Å². The Morgan fingerprint density at radius 1 is 1.47 bits per heavy atom. The van der Waals surface area contributed by atoms with Crippen LogP contribution in [0.2, 0.25) is 5.02 Å². The highest BCUT2D eigenvalue weighted by atomic mass is 79.9. The van der Waals surface area contributed by atoms with Crippen LogP contribution in [0.1, 0.15) is 12.0 Å². The summed E-state index contributed by atoms with van der Waals surface area (Å²) in [6.07, 6.45) is 1.43. The van der Waals surface area contributed by atoms with Crippen molar-refractivity contribution in [2.45, 2.75) is 12.8 Å². The minimum absolute atomic E-state index is 0.116. The summed E-state index contributed by atoms with van der Waals surface area (Å²) in [6.45, 7) is 0. The fourth-order valence-electron chi connectivity index (χ4n) is 2.51. The Labute approximate surface area is 126 Å². The van der Waals surface area contributed by atoms with Gasteiger partial charge in [-0.2, -0.15) is 0 Å². The lowest BCUT2D eigenvalue weighted by molar-refractivity contribution is 0.402. The van der Waals surface area contributed by atoms with Crippen molar-refractivity contribution in [3.63, 3.8) is 0 Å². The van der Waals surface area contributed by atoms with E-state index in [-0.39, 0.29) is 28.4 Å². The summed E-state index contributed by atoms with van der Waals surface area (Å²) >= 11 is 9.21. The third-order valence-electron chi connectivity index (χ3n) is 3.61. The van der Waals surface area contributed by atoms with Crippen LogP contribution in [0.3, 0.4) is 0 Å². The summed E-state index contributed by atoms with van der Waals surface area (Å²) in [7, 11) is -2.86. The van der Waals surface area contributed by atoms with Crippen molar-refractivity contribution < 1.29 is 12.8 Å². The van der Waals surface area contributed by atoms with Gasteiger partial charge in [-0.3, -0.25) is 0 Å². The number of halogens is 3. The maximum atomic E-state index is 13.1. The molecule has 0 spiro atoms. The molecule has 0 saturated carbocycles. The van der Waals surface area contributed by atoms with Gasteiger partial charge in [0.15, 0.2) is 9.84 Å². The molecular weight excluding hydrogens is 355 g/mol. The third-order valence-corrected chi connectivity index (χ3v) is 6.53. The number of sulfone groups is 1. The molecule has 1 aliphatic rings. The van der Waals surface area contributed by atoms with Crippen LogP contribution in [0.4, 0.5) is 4.39 Å². The Bertz CT molecular complexity index is 562. The van der Waals surface area contributed by atoms with Gasteiger partial charge in [-0.1, -0.05) is 33.6 Å². The summed E-state index contributed by atoms with van der Waals surface area (Å²) in [4.78, 5) is 0. The van der Waals surface area contributed by atoms with Crippen LogP contribution in [0.25, 0.3) is 0 Å². The molecule has 0 bridgehead atoms. The summed E-state index contributed by atoms with van der Waals surface area (Å²) in [5.41, 5.74) is 0.945. The number of benzene rings is 1. The Hall–Kier alpha value is -0.130. The summed E-state index contributed by atoms with van der Waals surface area (Å²) < 4.78 is 36.2. The zero-order valence-electron chi connectivity index (χ0n) is 10.3. The fourth-order valence-corrected chi connectivity index (χ4v) is 5.39. The largest absolute Gasteiger partial charge is 0.229 e. The van der Waals surface area contributed by atoms with Crippen LogP contribution in [0.15, 0.2) is 18.2 Å². The maximum Gasteiger partial charge on any atom is 0.150 e. The lowest BCUT2D eigenvalue weighted by atomic mass is 9.88. The predicted octanol–water partition coefficient (Wildman–Crippen LogP) is 3.47. The molecule has 0 aromatic heterocycles. The van der Waals surface area contributed by atoms with Gasteiger partial charge in [0.1, 0.15) is 5.82 Å². The summed E-state index contributed by atoms with van der Waals surface area (Å²) in [6, 6.07) is 4.69. The highest BCUT2D eigenvalue weighted by Gasteiger charge is 2.33. The topological polar surface area (TPSA) is 34.1 Å². The van der Waals surface area contributed by atoms with Gasteiger partial charge in [0, 0.05) is 5.33 Å². The van der Waals surface area contributed by atoms with Crippen molar-refractivity contribution in [3.8, 4) is 0 Å². The first kappa shape index (κ1) is 15.3. The zero-order chi connectivity index (χ0) is 14.0. The van der Waals surface area contributed by atoms with Crippen molar-refractivity contribution in [1.29, 1.82) is 0 Å². The van der Waals surface area contributed by atoms with Gasteiger partial charge >= 0.3 is 0 Å². The molecule has 2 rings (SSSR count). The molecule has 2 atom stereocenters. The van der Waals surface area contributed by atoms with E-state index in [9.17, 15) is 12.8 Å². The van der Waals surface area contributed by atoms with Gasteiger partial charge in [-0.15, -0.1) is 0 Å². The van der Waals surface area contributed by atoms with Gasteiger partial charge in [0.25, 0.3) is 0 Å². The molecule has 2 unspecified atom stereocenters. The molecule has 1 saturated heterocycles. The lowest BCUT2D eigenvalue weighted by Gasteiger charge is -2.20. The van der Waals surface area contributed by atoms with E-state index >= 15 is 0 Å². The SMILES string of the molecule is O=S1(=O)CCC(C(CBr)Cc2ccc(F)c(Cl)c2)C1. The van der Waals surface area contributed by atoms with Crippen LogP contribution in [0.5, 0.6) is 0 Å². The second-order valence-electron chi connectivity index (χ2n) is 5.03. The first-order valence-corrected chi connectivity index (χ1v) is 9.43. The Morgan fingerprint density at radius 3 is 2.74 bits per heavy atom. The lowest BCUT2D eigenvalue weighted by Crippen LogP contribution is -2.20. The van der Waals surface area contributed by atoms with E-state index in [2.05, 4.69) is 15.9 Å². The number of hydrogen-bond donors (Lipinski definition) is 0. The van der Waals surface area contributed by atoms with Gasteiger partial charge < -0.3 is 0 Å². The van der Waals surface area contributed by atoms with E-state index in [0.717, 1.165) is 10.9 Å². The first-order valence-electron chi connectivity index (χ1n) is 6.11. The molecule has 19 heavy (non-hydrogen) atoms. The zero-order valence-corrected chi connectivity index (χ0v) is 13.4.